The van der Waals surface area contributed by atoms with Gasteiger partial charge in [-0.2, -0.15) is 5.10 Å². The molecule has 1 aromatic heterocycles. The summed E-state index contributed by atoms with van der Waals surface area (Å²) >= 11 is 0. The quantitative estimate of drug-likeness (QED) is 0.298. The molecule has 0 saturated carbocycles. The number of unbranched alkanes of at least 4 members (excludes halogenated alkanes) is 1. The Morgan fingerprint density at radius 2 is 1.91 bits per heavy atom. The van der Waals surface area contributed by atoms with Gasteiger partial charge in [-0.25, -0.2) is 0 Å². The van der Waals surface area contributed by atoms with E-state index in [0.717, 1.165) is 35.1 Å². The maximum absolute atomic E-state index is 14.1. The van der Waals surface area contributed by atoms with Crippen molar-refractivity contribution in [3.8, 4) is 11.5 Å². The molecule has 0 aliphatic carbocycles. The molecule has 3 atom stereocenters. The van der Waals surface area contributed by atoms with Gasteiger partial charge in [0.25, 0.3) is 0 Å². The van der Waals surface area contributed by atoms with E-state index >= 15 is 0 Å². The van der Waals surface area contributed by atoms with Gasteiger partial charge in [0.15, 0.2) is 11.5 Å². The van der Waals surface area contributed by atoms with Crippen LogP contribution in [0.1, 0.15) is 43.2 Å². The van der Waals surface area contributed by atoms with E-state index in [4.69, 9.17) is 9.47 Å². The average molecular weight is 591 g/mol. The van der Waals surface area contributed by atoms with Crippen molar-refractivity contribution in [3.63, 3.8) is 0 Å². The number of hydrogen-bond acceptors (Lipinski definition) is 6. The van der Waals surface area contributed by atoms with Gasteiger partial charge in [-0.3, -0.25) is 19.2 Å². The maximum Gasteiger partial charge on any atom is 0.308 e. The Morgan fingerprint density at radius 1 is 1.09 bits per heavy atom. The Morgan fingerprint density at radius 3 is 2.63 bits per heavy atom. The molecule has 2 aromatic carbocycles. The Labute approximate surface area is 254 Å². The number of nitrogens with zero attached hydrogens (tertiary/aromatic N) is 5. The van der Waals surface area contributed by atoms with Gasteiger partial charge in [0.1, 0.15) is 6.54 Å². The number of quaternary nitrogens is 1. The molecule has 1 amide bonds. The van der Waals surface area contributed by atoms with Gasteiger partial charge < -0.3 is 24.0 Å². The van der Waals surface area contributed by atoms with Gasteiger partial charge in [0, 0.05) is 55.2 Å². The van der Waals surface area contributed by atoms with Crippen molar-refractivity contribution >= 4 is 17.6 Å². The summed E-state index contributed by atoms with van der Waals surface area (Å²) in [5, 5.41) is 14.9. The second kappa shape index (κ2) is 13.2. The van der Waals surface area contributed by atoms with Crippen molar-refractivity contribution < 1.29 is 28.7 Å². The molecule has 3 heterocycles. The van der Waals surface area contributed by atoms with Crippen molar-refractivity contribution in [1.29, 1.82) is 0 Å². The van der Waals surface area contributed by atoms with Gasteiger partial charge in [-0.05, 0) is 48.7 Å². The van der Waals surface area contributed by atoms with E-state index < -0.39 is 11.9 Å². The third-order valence-electron chi connectivity index (χ3n) is 8.33. The molecular formula is C33H44N5O5+. The minimum absolute atomic E-state index is 0.0181. The second-order valence-corrected chi connectivity index (χ2v) is 12.7. The number of benzene rings is 2. The number of carboxylic acids is 1. The van der Waals surface area contributed by atoms with E-state index in [2.05, 4.69) is 50.2 Å². The SMILES string of the molecule is CCCCN(C(=O)CN1C[C@H](c2ccc3c(c2)OCO3)[C@@H](C(=O)O)[C@@H]1CCn1cccn1)c1cccc(C[N+](C)(C)C)c1. The van der Waals surface area contributed by atoms with Crippen LogP contribution in [0.5, 0.6) is 11.5 Å². The molecule has 1 saturated heterocycles. The van der Waals surface area contributed by atoms with Crippen LogP contribution in [0.4, 0.5) is 5.69 Å². The molecule has 0 radical (unpaired) electrons. The van der Waals surface area contributed by atoms with Crippen molar-refractivity contribution in [1.82, 2.24) is 14.7 Å². The monoisotopic (exact) mass is 590 g/mol. The number of ether oxygens (including phenoxy) is 2. The molecule has 3 aromatic rings. The molecule has 10 heteroatoms. The summed E-state index contributed by atoms with van der Waals surface area (Å²) in [5.74, 6) is -0.590. The van der Waals surface area contributed by atoms with Crippen LogP contribution in [0, 0.1) is 5.92 Å². The highest BCUT2D eigenvalue weighted by molar-refractivity contribution is 5.95. The Hall–Kier alpha value is -3.89. The normalized spacial score (nSPS) is 20.0. The largest absolute Gasteiger partial charge is 0.481 e. The van der Waals surface area contributed by atoms with Gasteiger partial charge in [0.2, 0.25) is 12.7 Å². The standard InChI is InChI=1S/C33H43N5O5/c1-5-6-16-37(26-10-7-9-24(18-26)22-38(2,3)4)31(39)21-35-20-27(25-11-12-29-30(19-25)43-23-42-29)32(33(40)41)28(35)13-17-36-15-8-14-34-36/h7-12,14-15,18-19,27-28,32H,5-6,13,16-17,20-23H2,1-4H3/p+1/t27-,28+,32-/m1/s1. The topological polar surface area (TPSA) is 97.1 Å². The summed E-state index contributed by atoms with van der Waals surface area (Å²) < 4.78 is 13.7. The lowest BCUT2D eigenvalue weighted by atomic mass is 9.84. The zero-order valence-corrected chi connectivity index (χ0v) is 25.7. The average Bonchev–Trinajstić information content (AvgIpc) is 3.71. The van der Waals surface area contributed by atoms with Gasteiger partial charge in [-0.15, -0.1) is 0 Å². The fourth-order valence-electron chi connectivity index (χ4n) is 6.37. The molecule has 5 rings (SSSR count). The van der Waals surface area contributed by atoms with Crippen LogP contribution < -0.4 is 14.4 Å². The minimum Gasteiger partial charge on any atom is -0.481 e. The summed E-state index contributed by atoms with van der Waals surface area (Å²) in [5.41, 5.74) is 2.94. The van der Waals surface area contributed by atoms with Crippen LogP contribution >= 0.6 is 0 Å². The van der Waals surface area contributed by atoms with Gasteiger partial charge >= 0.3 is 5.97 Å². The predicted octanol–water partition coefficient (Wildman–Crippen LogP) is 4.21. The van der Waals surface area contributed by atoms with E-state index in [0.29, 0.717) is 37.6 Å². The molecular weight excluding hydrogens is 546 g/mol. The van der Waals surface area contributed by atoms with Crippen molar-refractivity contribution in [2.24, 2.45) is 5.92 Å². The molecule has 0 spiro atoms. The first-order valence-electron chi connectivity index (χ1n) is 15.2. The van der Waals surface area contributed by atoms with Crippen LogP contribution in [0.15, 0.2) is 60.9 Å². The van der Waals surface area contributed by atoms with Crippen molar-refractivity contribution in [2.45, 2.75) is 51.2 Å². The fourth-order valence-corrected chi connectivity index (χ4v) is 6.37. The maximum atomic E-state index is 14.1. The number of hydrogen-bond donors (Lipinski definition) is 1. The summed E-state index contributed by atoms with van der Waals surface area (Å²) in [6, 6.07) is 15.4. The Bertz CT molecular complexity index is 1400. The van der Waals surface area contributed by atoms with E-state index in [-0.39, 0.29) is 31.2 Å². The van der Waals surface area contributed by atoms with E-state index in [1.54, 1.807) is 6.20 Å². The molecule has 43 heavy (non-hydrogen) atoms. The Kier molecular flexibility index (Phi) is 9.37. The first kappa shape index (κ1) is 30.6. The smallest absolute Gasteiger partial charge is 0.308 e. The van der Waals surface area contributed by atoms with Crippen LogP contribution in [-0.2, 0) is 22.7 Å². The lowest BCUT2D eigenvalue weighted by Crippen LogP contribution is -2.45. The van der Waals surface area contributed by atoms with Gasteiger partial charge in [0.05, 0.1) is 33.6 Å². The highest BCUT2D eigenvalue weighted by Gasteiger charge is 2.47. The number of carbonyl (C=O) groups is 2. The number of amides is 1. The number of aliphatic carboxylic acids is 1. The molecule has 2 aliphatic heterocycles. The number of carboxylic acid groups (broad SMARTS) is 1. The zero-order valence-electron chi connectivity index (χ0n) is 25.7. The number of fused-ring (bicyclic) bond motifs is 1. The first-order chi connectivity index (χ1) is 20.6. The fraction of sp³-hybridized carbons (Fsp3) is 0.485. The van der Waals surface area contributed by atoms with Crippen LogP contribution in [0.3, 0.4) is 0 Å². The third kappa shape index (κ3) is 7.37. The van der Waals surface area contributed by atoms with Gasteiger partial charge in [-0.1, -0.05) is 31.5 Å². The Balaban J connectivity index is 1.43. The number of likely N-dealkylation sites (tertiary alicyclic amines) is 1. The number of carbonyl (C=O) groups excluding carboxylic acids is 1. The summed E-state index contributed by atoms with van der Waals surface area (Å²) in [6.45, 7) is 4.89. The van der Waals surface area contributed by atoms with Crippen LogP contribution in [0.2, 0.25) is 0 Å². The number of aromatic nitrogens is 2. The molecule has 10 nitrogen and oxygen atoms in total. The van der Waals surface area contributed by atoms with Crippen molar-refractivity contribution in [3.05, 3.63) is 72.1 Å². The highest BCUT2D eigenvalue weighted by atomic mass is 16.7. The molecule has 1 fully saturated rings. The lowest BCUT2D eigenvalue weighted by Gasteiger charge is -2.30. The lowest BCUT2D eigenvalue weighted by molar-refractivity contribution is -0.884. The van der Waals surface area contributed by atoms with E-state index in [9.17, 15) is 14.7 Å². The molecule has 1 N–H and O–H groups in total. The molecule has 0 unspecified atom stereocenters. The summed E-state index contributed by atoms with van der Waals surface area (Å²) in [7, 11) is 6.45. The first-order valence-corrected chi connectivity index (χ1v) is 15.2. The second-order valence-electron chi connectivity index (χ2n) is 12.7. The predicted molar refractivity (Wildman–Crippen MR) is 164 cm³/mol. The van der Waals surface area contributed by atoms with E-state index in [1.165, 1.54) is 5.56 Å². The van der Waals surface area contributed by atoms with E-state index in [1.807, 2.05) is 52.2 Å². The van der Waals surface area contributed by atoms with Crippen LogP contribution in [0.25, 0.3) is 0 Å². The number of anilines is 1. The highest BCUT2D eigenvalue weighted by Crippen LogP contribution is 2.43. The molecule has 230 valence electrons. The summed E-state index contributed by atoms with van der Waals surface area (Å²) in [6.07, 6.45) is 6.00. The number of rotatable bonds is 13. The van der Waals surface area contributed by atoms with Crippen molar-refractivity contribution in [2.75, 3.05) is 52.5 Å². The third-order valence-corrected chi connectivity index (χ3v) is 8.33. The molecule has 2 aliphatic rings. The number of aryl methyl sites for hydroxylation is 1. The van der Waals surface area contributed by atoms with Crippen LogP contribution in [-0.4, -0.2) is 89.8 Å². The zero-order chi connectivity index (χ0) is 30.6. The minimum atomic E-state index is -0.862. The molecule has 0 bridgehead atoms. The summed E-state index contributed by atoms with van der Waals surface area (Å²) in [4.78, 5) is 31.0.